The third-order valence-corrected chi connectivity index (χ3v) is 1.81. The van der Waals surface area contributed by atoms with Gasteiger partial charge in [-0.05, 0) is 12.1 Å². The number of hydrogen-bond donors (Lipinski definition) is 1. The van der Waals surface area contributed by atoms with Gasteiger partial charge in [-0.15, -0.1) is 0 Å². The Hall–Kier alpha value is -1.79. The average Bonchev–Trinajstić information content (AvgIpc) is 2.19. The second kappa shape index (κ2) is 4.38. The summed E-state index contributed by atoms with van der Waals surface area (Å²) >= 11 is 0. The summed E-state index contributed by atoms with van der Waals surface area (Å²) in [6.07, 6.45) is -4.95. The van der Waals surface area contributed by atoms with E-state index in [-0.39, 0.29) is 12.1 Å². The summed E-state index contributed by atoms with van der Waals surface area (Å²) in [4.78, 5) is 14.1. The third kappa shape index (κ3) is 2.85. The van der Waals surface area contributed by atoms with E-state index in [0.29, 0.717) is 0 Å². The molecule has 0 aromatic carbocycles. The van der Waals surface area contributed by atoms with Crippen molar-refractivity contribution < 1.29 is 22.7 Å². The molecule has 16 heavy (non-hydrogen) atoms. The molecule has 7 heteroatoms. The Morgan fingerprint density at radius 1 is 1.50 bits per heavy atom. The Labute approximate surface area is 89.2 Å². The summed E-state index contributed by atoms with van der Waals surface area (Å²) in [5.74, 6) is -0.662. The predicted molar refractivity (Wildman–Crippen MR) is 49.4 cm³/mol. The molecule has 0 aliphatic rings. The fraction of sp³-hybridized carbons (Fsp3) is 0.333. The van der Waals surface area contributed by atoms with Gasteiger partial charge in [0.05, 0.1) is 24.9 Å². The van der Waals surface area contributed by atoms with Crippen LogP contribution in [0.5, 0.6) is 0 Å². The Morgan fingerprint density at radius 3 is 2.62 bits per heavy atom. The van der Waals surface area contributed by atoms with Crippen molar-refractivity contribution in [3.05, 3.63) is 23.5 Å². The van der Waals surface area contributed by atoms with E-state index in [1.807, 2.05) is 0 Å². The highest BCUT2D eigenvalue weighted by atomic mass is 19.4. The highest BCUT2D eigenvalue weighted by Crippen LogP contribution is 2.31. The third-order valence-electron chi connectivity index (χ3n) is 1.81. The number of anilines is 1. The molecule has 0 amide bonds. The van der Waals surface area contributed by atoms with Crippen molar-refractivity contribution in [3.63, 3.8) is 0 Å². The molecule has 1 aromatic rings. The molecule has 0 radical (unpaired) electrons. The number of alkyl halides is 3. The van der Waals surface area contributed by atoms with Crippen molar-refractivity contribution in [2.24, 2.45) is 0 Å². The standard InChI is InChI=1S/C9H9F3N2O2/c1-16-7(15)4-5-2-3-6(13)8(14-5)9(10,11)12/h2-3H,4,13H2,1H3. The number of nitrogens with zero attached hydrogens (tertiary/aromatic N) is 1. The van der Waals surface area contributed by atoms with E-state index < -0.39 is 23.5 Å². The highest BCUT2D eigenvalue weighted by Gasteiger charge is 2.35. The van der Waals surface area contributed by atoms with E-state index in [0.717, 1.165) is 13.2 Å². The summed E-state index contributed by atoms with van der Waals surface area (Å²) in [6.45, 7) is 0. The second-order valence-corrected chi connectivity index (χ2v) is 2.99. The first-order chi connectivity index (χ1) is 7.34. The number of methoxy groups -OCH3 is 1. The molecule has 1 rings (SSSR count). The largest absolute Gasteiger partial charge is 0.469 e. The van der Waals surface area contributed by atoms with E-state index in [9.17, 15) is 18.0 Å². The first kappa shape index (κ1) is 12.3. The van der Waals surface area contributed by atoms with Crippen LogP contribution in [0.2, 0.25) is 0 Å². The summed E-state index contributed by atoms with van der Waals surface area (Å²) in [6, 6.07) is 2.32. The number of carbonyl (C=O) groups excluding carboxylic acids is 1. The minimum atomic E-state index is -4.63. The zero-order chi connectivity index (χ0) is 12.3. The summed E-state index contributed by atoms with van der Waals surface area (Å²) in [7, 11) is 1.14. The van der Waals surface area contributed by atoms with Gasteiger partial charge in [-0.25, -0.2) is 4.98 Å². The average molecular weight is 234 g/mol. The van der Waals surface area contributed by atoms with Crippen LogP contribution in [0.25, 0.3) is 0 Å². The predicted octanol–water partition coefficient (Wildman–Crippen LogP) is 1.40. The molecule has 0 fully saturated rings. The molecule has 0 spiro atoms. The number of nitrogens with two attached hydrogens (primary N) is 1. The first-order valence-electron chi connectivity index (χ1n) is 4.24. The number of carbonyl (C=O) groups is 1. The fourth-order valence-electron chi connectivity index (χ4n) is 1.06. The lowest BCUT2D eigenvalue weighted by atomic mass is 10.2. The molecular weight excluding hydrogens is 225 g/mol. The van der Waals surface area contributed by atoms with Crippen LogP contribution in [-0.4, -0.2) is 18.1 Å². The molecule has 0 unspecified atom stereocenters. The van der Waals surface area contributed by atoms with Gasteiger partial charge in [-0.2, -0.15) is 13.2 Å². The minimum Gasteiger partial charge on any atom is -0.469 e. The molecule has 0 aliphatic carbocycles. The molecule has 0 bridgehead atoms. The molecule has 1 heterocycles. The molecule has 0 aliphatic heterocycles. The van der Waals surface area contributed by atoms with E-state index >= 15 is 0 Å². The maximum atomic E-state index is 12.4. The monoisotopic (exact) mass is 234 g/mol. The Bertz CT molecular complexity index is 404. The van der Waals surface area contributed by atoms with Gasteiger partial charge >= 0.3 is 12.1 Å². The van der Waals surface area contributed by atoms with Crippen molar-refractivity contribution in [1.82, 2.24) is 4.98 Å². The van der Waals surface area contributed by atoms with Crippen LogP contribution in [0.3, 0.4) is 0 Å². The van der Waals surface area contributed by atoms with Gasteiger partial charge in [0, 0.05) is 0 Å². The molecule has 0 saturated heterocycles. The number of rotatable bonds is 2. The van der Waals surface area contributed by atoms with Crippen LogP contribution < -0.4 is 5.73 Å². The number of hydrogen-bond acceptors (Lipinski definition) is 4. The first-order valence-corrected chi connectivity index (χ1v) is 4.24. The Morgan fingerprint density at radius 2 is 2.12 bits per heavy atom. The Balaban J connectivity index is 3.03. The lowest BCUT2D eigenvalue weighted by Gasteiger charge is -2.10. The molecule has 88 valence electrons. The van der Waals surface area contributed by atoms with Crippen LogP contribution in [0.4, 0.5) is 18.9 Å². The molecule has 0 saturated carbocycles. The van der Waals surface area contributed by atoms with Gasteiger partial charge in [0.15, 0.2) is 5.69 Å². The van der Waals surface area contributed by atoms with Crippen molar-refractivity contribution in [3.8, 4) is 0 Å². The number of esters is 1. The Kier molecular flexibility index (Phi) is 3.36. The zero-order valence-corrected chi connectivity index (χ0v) is 8.34. The van der Waals surface area contributed by atoms with Crippen molar-refractivity contribution in [2.45, 2.75) is 12.6 Å². The fourth-order valence-corrected chi connectivity index (χ4v) is 1.06. The smallest absolute Gasteiger partial charge is 0.435 e. The molecule has 0 atom stereocenters. The number of aromatic nitrogens is 1. The molecule has 2 N–H and O–H groups in total. The van der Waals surface area contributed by atoms with E-state index in [4.69, 9.17) is 5.73 Å². The molecule has 4 nitrogen and oxygen atoms in total. The van der Waals surface area contributed by atoms with Crippen molar-refractivity contribution in [2.75, 3.05) is 12.8 Å². The van der Waals surface area contributed by atoms with Crippen LogP contribution in [0, 0.1) is 0 Å². The number of ether oxygens (including phenoxy) is 1. The van der Waals surface area contributed by atoms with E-state index in [2.05, 4.69) is 9.72 Å². The van der Waals surface area contributed by atoms with Gasteiger partial charge in [-0.1, -0.05) is 0 Å². The van der Waals surface area contributed by atoms with E-state index in [1.54, 1.807) is 0 Å². The van der Waals surface area contributed by atoms with Crippen molar-refractivity contribution >= 4 is 11.7 Å². The van der Waals surface area contributed by atoms with Gasteiger partial charge in [0.1, 0.15) is 0 Å². The second-order valence-electron chi connectivity index (χ2n) is 2.99. The van der Waals surface area contributed by atoms with Crippen LogP contribution >= 0.6 is 0 Å². The zero-order valence-electron chi connectivity index (χ0n) is 8.34. The van der Waals surface area contributed by atoms with Crippen LogP contribution in [0.1, 0.15) is 11.4 Å². The van der Waals surface area contributed by atoms with Gasteiger partial charge in [-0.3, -0.25) is 4.79 Å². The maximum absolute atomic E-state index is 12.4. The normalized spacial score (nSPS) is 11.2. The molecular formula is C9H9F3N2O2. The number of halogens is 3. The summed E-state index contributed by atoms with van der Waals surface area (Å²) in [5.41, 5.74) is 3.45. The quantitative estimate of drug-likeness (QED) is 0.785. The summed E-state index contributed by atoms with van der Waals surface area (Å²) in [5, 5.41) is 0. The lowest BCUT2D eigenvalue weighted by Crippen LogP contribution is -2.14. The highest BCUT2D eigenvalue weighted by molar-refractivity contribution is 5.72. The molecule has 1 aromatic heterocycles. The summed E-state index contributed by atoms with van der Waals surface area (Å²) < 4.78 is 41.5. The van der Waals surface area contributed by atoms with Gasteiger partial charge < -0.3 is 10.5 Å². The van der Waals surface area contributed by atoms with Crippen LogP contribution in [-0.2, 0) is 22.1 Å². The minimum absolute atomic E-state index is 0.0339. The number of pyridine rings is 1. The lowest BCUT2D eigenvalue weighted by molar-refractivity contribution is -0.142. The van der Waals surface area contributed by atoms with Crippen LogP contribution in [0.15, 0.2) is 12.1 Å². The van der Waals surface area contributed by atoms with E-state index in [1.165, 1.54) is 6.07 Å². The van der Waals surface area contributed by atoms with Gasteiger partial charge in [0.25, 0.3) is 0 Å². The number of nitrogen functional groups attached to an aromatic ring is 1. The maximum Gasteiger partial charge on any atom is 0.435 e. The SMILES string of the molecule is COC(=O)Cc1ccc(N)c(C(F)(F)F)n1. The topological polar surface area (TPSA) is 65.2 Å². The van der Waals surface area contributed by atoms with Gasteiger partial charge in [0.2, 0.25) is 0 Å². The van der Waals surface area contributed by atoms with Crippen molar-refractivity contribution in [1.29, 1.82) is 0 Å².